The van der Waals surface area contributed by atoms with Crippen LogP contribution in [-0.2, 0) is 4.74 Å². The van der Waals surface area contributed by atoms with Gasteiger partial charge in [-0.15, -0.1) is 0 Å². The molecule has 0 unspecified atom stereocenters. The highest BCUT2D eigenvalue weighted by Gasteiger charge is 2.00. The van der Waals surface area contributed by atoms with E-state index in [1.165, 1.54) is 38.5 Å². The Morgan fingerprint density at radius 3 is 1.80 bits per heavy atom. The van der Waals surface area contributed by atoms with Gasteiger partial charge in [0.25, 0.3) is 0 Å². The zero-order chi connectivity index (χ0) is 21.4. The second-order valence-electron chi connectivity index (χ2n) is 7.90. The highest BCUT2D eigenvalue weighted by atomic mass is 16.5. The number of unbranched alkanes of at least 4 members (excludes halogenated alkanes) is 7. The average Bonchev–Trinajstić information content (AvgIpc) is 2.77. The van der Waals surface area contributed by atoms with Crippen LogP contribution in [0.4, 0.5) is 0 Å². The molecule has 0 aromatic heterocycles. The first-order valence-corrected chi connectivity index (χ1v) is 11.1. The smallest absolute Gasteiger partial charge is 0.119 e. The van der Waals surface area contributed by atoms with E-state index in [1.54, 1.807) is 0 Å². The third-order valence-corrected chi connectivity index (χ3v) is 5.00. The monoisotopic (exact) mass is 405 g/mol. The van der Waals surface area contributed by atoms with Gasteiger partial charge in [-0.2, -0.15) is 5.26 Å². The summed E-state index contributed by atoms with van der Waals surface area (Å²) in [5.74, 6) is 0.918. The molecule has 0 spiro atoms. The lowest BCUT2D eigenvalue weighted by Gasteiger charge is -2.08. The number of nitrogens with zero attached hydrogens (tertiary/aromatic N) is 1. The zero-order valence-corrected chi connectivity index (χ0v) is 18.4. The Morgan fingerprint density at radius 2 is 1.27 bits per heavy atom. The minimum atomic E-state index is 0.683. The van der Waals surface area contributed by atoms with E-state index >= 15 is 0 Å². The molecular formula is C27H35NO2. The van der Waals surface area contributed by atoms with Gasteiger partial charge in [0.15, 0.2) is 0 Å². The molecule has 3 nitrogen and oxygen atoms in total. The van der Waals surface area contributed by atoms with E-state index < -0.39 is 0 Å². The van der Waals surface area contributed by atoms with E-state index in [4.69, 9.17) is 14.7 Å². The summed E-state index contributed by atoms with van der Waals surface area (Å²) in [5.41, 5.74) is 4.02. The Balaban J connectivity index is 1.48. The third-order valence-electron chi connectivity index (χ3n) is 5.00. The minimum Gasteiger partial charge on any atom is -0.494 e. The Hall–Kier alpha value is -2.57. The number of hydrogen-bond acceptors (Lipinski definition) is 3. The van der Waals surface area contributed by atoms with Crippen molar-refractivity contribution in [1.29, 1.82) is 5.26 Å². The zero-order valence-electron chi connectivity index (χ0n) is 18.4. The fraction of sp³-hybridized carbons (Fsp3) is 0.444. The molecule has 0 saturated carbocycles. The molecule has 0 radical (unpaired) electrons. The van der Waals surface area contributed by atoms with Crippen LogP contribution in [0.25, 0.3) is 11.1 Å². The maximum absolute atomic E-state index is 8.89. The lowest BCUT2D eigenvalue weighted by molar-refractivity contribution is 0.151. The van der Waals surface area contributed by atoms with E-state index in [0.29, 0.717) is 12.2 Å². The van der Waals surface area contributed by atoms with Crippen molar-refractivity contribution in [2.24, 2.45) is 0 Å². The van der Waals surface area contributed by atoms with Gasteiger partial charge in [0, 0.05) is 6.61 Å². The Labute approximate surface area is 182 Å². The van der Waals surface area contributed by atoms with Gasteiger partial charge in [0.05, 0.1) is 24.8 Å². The molecule has 0 heterocycles. The van der Waals surface area contributed by atoms with Gasteiger partial charge < -0.3 is 9.47 Å². The molecule has 0 aliphatic carbocycles. The van der Waals surface area contributed by atoms with Crippen molar-refractivity contribution < 1.29 is 9.47 Å². The highest BCUT2D eigenvalue weighted by Crippen LogP contribution is 2.23. The average molecular weight is 406 g/mol. The van der Waals surface area contributed by atoms with Crippen LogP contribution in [0.5, 0.6) is 5.75 Å². The maximum Gasteiger partial charge on any atom is 0.119 e. The molecular weight excluding hydrogens is 370 g/mol. The topological polar surface area (TPSA) is 42.2 Å². The van der Waals surface area contributed by atoms with Crippen molar-refractivity contribution in [1.82, 2.24) is 0 Å². The second kappa shape index (κ2) is 14.4. The fourth-order valence-corrected chi connectivity index (χ4v) is 3.28. The molecule has 0 atom stereocenters. The molecule has 0 N–H and O–H groups in total. The molecule has 3 heteroatoms. The van der Waals surface area contributed by atoms with E-state index in [9.17, 15) is 0 Å². The van der Waals surface area contributed by atoms with E-state index in [2.05, 4.69) is 24.8 Å². The summed E-state index contributed by atoms with van der Waals surface area (Å²) in [6.45, 7) is 8.17. The molecule has 0 aliphatic heterocycles. The minimum absolute atomic E-state index is 0.683. The van der Waals surface area contributed by atoms with Gasteiger partial charge in [-0.25, -0.2) is 0 Å². The van der Waals surface area contributed by atoms with Gasteiger partial charge in [-0.3, -0.25) is 0 Å². The largest absolute Gasteiger partial charge is 0.494 e. The van der Waals surface area contributed by atoms with Crippen LogP contribution < -0.4 is 4.74 Å². The van der Waals surface area contributed by atoms with Gasteiger partial charge in [0.2, 0.25) is 0 Å². The van der Waals surface area contributed by atoms with Crippen LogP contribution in [0.3, 0.4) is 0 Å². The lowest BCUT2D eigenvalue weighted by atomic mass is 10.0. The summed E-state index contributed by atoms with van der Waals surface area (Å²) in [6.07, 6.45) is 9.97. The molecule has 30 heavy (non-hydrogen) atoms. The molecule has 0 fully saturated rings. The number of nitriles is 1. The van der Waals surface area contributed by atoms with Gasteiger partial charge in [-0.05, 0) is 55.2 Å². The highest BCUT2D eigenvalue weighted by molar-refractivity contribution is 5.64. The van der Waals surface area contributed by atoms with Crippen molar-refractivity contribution in [2.45, 2.75) is 58.3 Å². The van der Waals surface area contributed by atoms with Crippen LogP contribution in [-0.4, -0.2) is 19.8 Å². The lowest BCUT2D eigenvalue weighted by Crippen LogP contribution is -1.97. The van der Waals surface area contributed by atoms with Crippen molar-refractivity contribution >= 4 is 0 Å². The Kier molecular flexibility index (Phi) is 11.4. The first kappa shape index (κ1) is 23.7. The molecule has 0 aliphatic rings. The fourth-order valence-electron chi connectivity index (χ4n) is 3.28. The second-order valence-corrected chi connectivity index (χ2v) is 7.90. The van der Waals surface area contributed by atoms with Crippen LogP contribution in [0, 0.1) is 11.3 Å². The Bertz CT molecular complexity index is 772. The van der Waals surface area contributed by atoms with Gasteiger partial charge in [0.1, 0.15) is 5.75 Å². The summed E-state index contributed by atoms with van der Waals surface area (Å²) in [5, 5.41) is 8.89. The summed E-state index contributed by atoms with van der Waals surface area (Å²) >= 11 is 0. The molecule has 2 rings (SSSR count). The van der Waals surface area contributed by atoms with Gasteiger partial charge in [-0.1, -0.05) is 74.9 Å². The number of ether oxygens (including phenoxy) is 2. The quantitative estimate of drug-likeness (QED) is 0.230. The predicted molar refractivity (Wildman–Crippen MR) is 125 cm³/mol. The molecule has 0 saturated heterocycles. The predicted octanol–water partition coefficient (Wildman–Crippen LogP) is 7.32. The summed E-state index contributed by atoms with van der Waals surface area (Å²) < 4.78 is 11.4. The standard InChI is InChI=1S/C27H35NO2/c1-23(2)22-29-19-9-7-5-3-4-6-8-10-20-30-27-17-15-26(16-18-27)25-13-11-24(21-28)12-14-25/h11-18H,1,3-10,19-20,22H2,2H3. The van der Waals surface area contributed by atoms with Crippen molar-refractivity contribution in [3.63, 3.8) is 0 Å². The molecule has 2 aromatic carbocycles. The third kappa shape index (κ3) is 9.76. The van der Waals surface area contributed by atoms with Crippen molar-refractivity contribution in [3.05, 3.63) is 66.2 Å². The van der Waals surface area contributed by atoms with Crippen LogP contribution in [0.15, 0.2) is 60.7 Å². The number of rotatable bonds is 15. The first-order chi connectivity index (χ1) is 14.7. The van der Waals surface area contributed by atoms with E-state index in [-0.39, 0.29) is 0 Å². The van der Waals surface area contributed by atoms with Gasteiger partial charge >= 0.3 is 0 Å². The summed E-state index contributed by atoms with van der Waals surface area (Å²) in [4.78, 5) is 0. The maximum atomic E-state index is 8.89. The van der Waals surface area contributed by atoms with Crippen molar-refractivity contribution in [3.8, 4) is 22.9 Å². The first-order valence-electron chi connectivity index (χ1n) is 11.1. The van der Waals surface area contributed by atoms with Crippen LogP contribution in [0.1, 0.15) is 63.9 Å². The number of benzene rings is 2. The van der Waals surface area contributed by atoms with E-state index in [1.807, 2.05) is 43.3 Å². The van der Waals surface area contributed by atoms with E-state index in [0.717, 1.165) is 48.5 Å². The van der Waals surface area contributed by atoms with Crippen molar-refractivity contribution in [2.75, 3.05) is 19.8 Å². The summed E-state index contributed by atoms with van der Waals surface area (Å²) in [6, 6.07) is 18.0. The molecule has 0 bridgehead atoms. The normalized spacial score (nSPS) is 10.5. The molecule has 2 aromatic rings. The molecule has 0 amide bonds. The van der Waals surface area contributed by atoms with Crippen LogP contribution >= 0.6 is 0 Å². The number of hydrogen-bond donors (Lipinski definition) is 0. The molecule has 160 valence electrons. The SMILES string of the molecule is C=C(C)COCCCCCCCCCCOc1ccc(-c2ccc(C#N)cc2)cc1. The van der Waals surface area contributed by atoms with Crippen LogP contribution in [0.2, 0.25) is 0 Å². The Morgan fingerprint density at radius 1 is 0.767 bits per heavy atom. The summed E-state index contributed by atoms with van der Waals surface area (Å²) in [7, 11) is 0.